The van der Waals surface area contributed by atoms with Gasteiger partial charge in [-0.3, -0.25) is 4.79 Å². The van der Waals surface area contributed by atoms with Crippen molar-refractivity contribution in [2.45, 2.75) is 23.8 Å². The Kier molecular flexibility index (Phi) is 6.31. The molecule has 28 heavy (non-hydrogen) atoms. The molecule has 2 N–H and O–H groups in total. The van der Waals surface area contributed by atoms with Crippen LogP contribution in [0.3, 0.4) is 0 Å². The molecule has 0 aromatic heterocycles. The topological polar surface area (TPSA) is 70.8 Å². The molecule has 0 saturated heterocycles. The highest BCUT2D eigenvalue weighted by molar-refractivity contribution is 7.98. The number of thioether (sulfide) groups is 1. The second-order valence-corrected chi connectivity index (χ2v) is 7.35. The molecule has 2 aromatic rings. The molecule has 0 aliphatic heterocycles. The van der Waals surface area contributed by atoms with Gasteiger partial charge in [-0.1, -0.05) is 18.7 Å². The van der Waals surface area contributed by atoms with Crippen LogP contribution in [-0.4, -0.2) is 27.1 Å². The number of nitrogens with two attached hydrogens (primary N) is 1. The molecule has 1 atom stereocenters. The van der Waals surface area contributed by atoms with Gasteiger partial charge in [0.05, 0.1) is 19.1 Å². The number of hydrogen-bond donors (Lipinski definition) is 1. The van der Waals surface area contributed by atoms with Gasteiger partial charge in [0.1, 0.15) is 6.61 Å². The lowest BCUT2D eigenvalue weighted by Crippen LogP contribution is -2.12. The molecule has 0 bridgehead atoms. The summed E-state index contributed by atoms with van der Waals surface area (Å²) in [6.07, 6.45) is 5.03. The molecular formula is C22H25NO4S. The number of methoxy groups -OCH3 is 2. The predicted octanol–water partition coefficient (Wildman–Crippen LogP) is 3.96. The first-order valence-corrected chi connectivity index (χ1v) is 10.3. The van der Waals surface area contributed by atoms with Crippen LogP contribution in [0.2, 0.25) is 0 Å². The van der Waals surface area contributed by atoms with Gasteiger partial charge in [-0.15, -0.1) is 11.8 Å². The van der Waals surface area contributed by atoms with Crippen molar-refractivity contribution in [3.8, 4) is 28.4 Å². The Hall–Kier alpha value is -2.44. The summed E-state index contributed by atoms with van der Waals surface area (Å²) in [7, 11) is 3.19. The molecule has 5 nitrogen and oxygen atoms in total. The smallest absolute Gasteiger partial charge is 0.203 e. The number of ether oxygens (including phenoxy) is 3. The van der Waals surface area contributed by atoms with E-state index in [0.717, 1.165) is 28.7 Å². The summed E-state index contributed by atoms with van der Waals surface area (Å²) in [5, 5.41) is 0. The highest BCUT2D eigenvalue weighted by Gasteiger charge is 2.27. The highest BCUT2D eigenvalue weighted by Crippen LogP contribution is 2.50. The summed E-state index contributed by atoms with van der Waals surface area (Å²) in [4.78, 5) is 13.3. The second-order valence-electron chi connectivity index (χ2n) is 6.50. The molecule has 1 aliphatic carbocycles. The Bertz CT molecular complexity index is 958. The van der Waals surface area contributed by atoms with Gasteiger partial charge in [0.15, 0.2) is 16.9 Å². The van der Waals surface area contributed by atoms with Gasteiger partial charge in [0.25, 0.3) is 0 Å². The molecule has 1 unspecified atom stereocenters. The van der Waals surface area contributed by atoms with Crippen molar-refractivity contribution in [3.05, 3.63) is 58.3 Å². The van der Waals surface area contributed by atoms with Crippen LogP contribution >= 0.6 is 11.8 Å². The molecular weight excluding hydrogens is 374 g/mol. The van der Waals surface area contributed by atoms with Gasteiger partial charge in [-0.05, 0) is 54.0 Å². The third-order valence-electron chi connectivity index (χ3n) is 4.90. The van der Waals surface area contributed by atoms with E-state index in [-0.39, 0.29) is 11.5 Å². The summed E-state index contributed by atoms with van der Waals surface area (Å²) in [5.74, 6) is 1.70. The first-order chi connectivity index (χ1) is 13.5. The van der Waals surface area contributed by atoms with Crippen LogP contribution in [0.1, 0.15) is 23.6 Å². The highest BCUT2D eigenvalue weighted by atomic mass is 32.2. The minimum Gasteiger partial charge on any atom is -0.492 e. The molecule has 0 amide bonds. The van der Waals surface area contributed by atoms with Crippen molar-refractivity contribution in [1.82, 2.24) is 0 Å². The Balaban J connectivity index is 2.37. The van der Waals surface area contributed by atoms with Crippen LogP contribution in [0, 0.1) is 0 Å². The summed E-state index contributed by atoms with van der Waals surface area (Å²) < 4.78 is 17.2. The normalized spacial score (nSPS) is 15.1. The van der Waals surface area contributed by atoms with E-state index in [1.54, 1.807) is 26.4 Å². The zero-order valence-electron chi connectivity index (χ0n) is 16.4. The second kappa shape index (κ2) is 8.71. The molecule has 148 valence electrons. The van der Waals surface area contributed by atoms with Crippen LogP contribution in [0.15, 0.2) is 46.6 Å². The van der Waals surface area contributed by atoms with E-state index in [0.29, 0.717) is 35.2 Å². The Morgan fingerprint density at radius 3 is 2.64 bits per heavy atom. The number of benzene rings is 1. The first-order valence-electron chi connectivity index (χ1n) is 9.05. The summed E-state index contributed by atoms with van der Waals surface area (Å²) in [6.45, 7) is 4.06. The number of rotatable bonds is 6. The van der Waals surface area contributed by atoms with Crippen LogP contribution in [0.4, 0.5) is 0 Å². The maximum absolute atomic E-state index is 12.6. The average molecular weight is 400 g/mol. The molecule has 0 spiro atoms. The molecule has 0 saturated carbocycles. The fraction of sp³-hybridized carbons (Fsp3) is 0.318. The molecule has 6 heteroatoms. The van der Waals surface area contributed by atoms with E-state index in [9.17, 15) is 4.79 Å². The van der Waals surface area contributed by atoms with E-state index >= 15 is 0 Å². The average Bonchev–Trinajstić information content (AvgIpc) is 2.94. The van der Waals surface area contributed by atoms with E-state index in [1.807, 2.05) is 24.5 Å². The number of fused-ring (bicyclic) bond motifs is 3. The number of hydrogen-bond acceptors (Lipinski definition) is 6. The Morgan fingerprint density at radius 2 is 2.00 bits per heavy atom. The molecule has 0 fully saturated rings. The van der Waals surface area contributed by atoms with E-state index in [2.05, 4.69) is 6.58 Å². The third kappa shape index (κ3) is 3.62. The molecule has 0 radical (unpaired) electrons. The molecule has 0 heterocycles. The van der Waals surface area contributed by atoms with Crippen molar-refractivity contribution >= 4 is 11.8 Å². The van der Waals surface area contributed by atoms with Crippen molar-refractivity contribution in [3.63, 3.8) is 0 Å². The Morgan fingerprint density at radius 1 is 1.25 bits per heavy atom. The largest absolute Gasteiger partial charge is 0.492 e. The monoisotopic (exact) mass is 399 g/mol. The van der Waals surface area contributed by atoms with Crippen molar-refractivity contribution in [2.75, 3.05) is 27.1 Å². The zero-order chi connectivity index (χ0) is 20.3. The van der Waals surface area contributed by atoms with E-state index in [4.69, 9.17) is 19.9 Å². The lowest BCUT2D eigenvalue weighted by Gasteiger charge is -2.20. The standard InChI is InChI=1S/C22H25NO4S/c1-5-10-27-18-11-13-6-8-16(23)15-12-17(24)19(28-4)9-7-14(15)20(13)22(26-3)21(18)25-2/h5,7,9,11-12,16H,1,6,8,10,23H2,2-4H3. The van der Waals surface area contributed by atoms with Gasteiger partial charge in [0, 0.05) is 11.6 Å². The predicted molar refractivity (Wildman–Crippen MR) is 114 cm³/mol. The van der Waals surface area contributed by atoms with E-state index in [1.165, 1.54) is 11.8 Å². The van der Waals surface area contributed by atoms with Crippen molar-refractivity contribution < 1.29 is 14.2 Å². The SMILES string of the molecule is C=CCOc1cc2c(c(OC)c1OC)-c1ccc(SC)c(=O)cc1C(N)CC2. The molecule has 2 aromatic carbocycles. The van der Waals surface area contributed by atoms with Gasteiger partial charge in [-0.25, -0.2) is 0 Å². The lowest BCUT2D eigenvalue weighted by atomic mass is 9.95. The van der Waals surface area contributed by atoms with Crippen LogP contribution in [0.5, 0.6) is 17.2 Å². The third-order valence-corrected chi connectivity index (χ3v) is 5.68. The van der Waals surface area contributed by atoms with Gasteiger partial charge >= 0.3 is 0 Å². The minimum atomic E-state index is -0.245. The fourth-order valence-corrected chi connectivity index (χ4v) is 4.06. The minimum absolute atomic E-state index is 0.0236. The quantitative estimate of drug-likeness (QED) is 0.586. The van der Waals surface area contributed by atoms with Crippen LogP contribution < -0.4 is 25.4 Å². The maximum atomic E-state index is 12.6. The maximum Gasteiger partial charge on any atom is 0.203 e. The van der Waals surface area contributed by atoms with Gasteiger partial charge in [0.2, 0.25) is 5.75 Å². The van der Waals surface area contributed by atoms with Gasteiger partial charge < -0.3 is 19.9 Å². The summed E-state index contributed by atoms with van der Waals surface area (Å²) in [6, 6.07) is 7.20. The molecule has 1 aliphatic rings. The van der Waals surface area contributed by atoms with Crippen molar-refractivity contribution in [2.24, 2.45) is 5.73 Å². The molecule has 3 rings (SSSR count). The fourth-order valence-electron chi connectivity index (χ4n) is 3.60. The summed E-state index contributed by atoms with van der Waals surface area (Å²) >= 11 is 1.43. The van der Waals surface area contributed by atoms with Crippen LogP contribution in [0.25, 0.3) is 11.1 Å². The van der Waals surface area contributed by atoms with Crippen LogP contribution in [-0.2, 0) is 6.42 Å². The lowest BCUT2D eigenvalue weighted by molar-refractivity contribution is 0.307. The Labute approximate surface area is 169 Å². The van der Waals surface area contributed by atoms with E-state index < -0.39 is 0 Å². The van der Waals surface area contributed by atoms with Gasteiger partial charge in [-0.2, -0.15) is 0 Å². The first kappa shape index (κ1) is 20.3. The van der Waals surface area contributed by atoms with Crippen molar-refractivity contribution in [1.29, 1.82) is 0 Å². The zero-order valence-corrected chi connectivity index (χ0v) is 17.2. The summed E-state index contributed by atoms with van der Waals surface area (Å²) in [5.41, 5.74) is 10.1. The number of aryl methyl sites for hydroxylation is 1.